The summed E-state index contributed by atoms with van der Waals surface area (Å²) in [4.78, 5) is 13.3. The molecule has 3 aromatic carbocycles. The summed E-state index contributed by atoms with van der Waals surface area (Å²) < 4.78 is 52.7. The largest absolute Gasteiger partial charge is 0.454 e. The van der Waals surface area contributed by atoms with Crippen molar-refractivity contribution in [2.75, 3.05) is 6.79 Å². The molecule has 0 atom stereocenters. The first kappa shape index (κ1) is 22.5. The van der Waals surface area contributed by atoms with E-state index in [1.807, 2.05) is 38.1 Å². The van der Waals surface area contributed by atoms with Crippen molar-refractivity contribution in [3.8, 4) is 22.6 Å². The second-order valence-electron chi connectivity index (χ2n) is 9.40. The standard InChI is InChI=1S/C28H25F3O3/c1-17(2)19-4-6-20(7-5-19)22-9-3-18(13-23(22)28(29,30)31)14-26(32)27(11-12-27)21-8-10-24-25(15-21)34-16-33-24/h3-10,13,15,17H,11-12,14,16H2,1-2H3. The molecule has 0 amide bonds. The second kappa shape index (κ2) is 8.19. The van der Waals surface area contributed by atoms with Gasteiger partial charge in [0.25, 0.3) is 0 Å². The van der Waals surface area contributed by atoms with Crippen LogP contribution in [0.5, 0.6) is 11.5 Å². The first-order chi connectivity index (χ1) is 16.2. The molecule has 1 aliphatic heterocycles. The van der Waals surface area contributed by atoms with Crippen molar-refractivity contribution in [1.29, 1.82) is 0 Å². The highest BCUT2D eigenvalue weighted by molar-refractivity contribution is 5.95. The van der Waals surface area contributed by atoms with Gasteiger partial charge in [-0.25, -0.2) is 0 Å². The first-order valence-electron chi connectivity index (χ1n) is 11.4. The third kappa shape index (κ3) is 4.06. The second-order valence-corrected chi connectivity index (χ2v) is 9.40. The van der Waals surface area contributed by atoms with Gasteiger partial charge < -0.3 is 9.47 Å². The lowest BCUT2D eigenvalue weighted by Gasteiger charge is -2.18. The van der Waals surface area contributed by atoms with Gasteiger partial charge in [-0.15, -0.1) is 0 Å². The molecular weight excluding hydrogens is 441 g/mol. The van der Waals surface area contributed by atoms with Crippen LogP contribution in [-0.4, -0.2) is 12.6 Å². The van der Waals surface area contributed by atoms with Crippen LogP contribution in [0.1, 0.15) is 54.9 Å². The number of halogens is 3. The molecule has 0 bridgehead atoms. The van der Waals surface area contributed by atoms with Gasteiger partial charge in [-0.05, 0) is 64.8 Å². The lowest BCUT2D eigenvalue weighted by atomic mass is 9.86. The predicted molar refractivity (Wildman–Crippen MR) is 123 cm³/mol. The number of hydrogen-bond donors (Lipinski definition) is 0. The minimum absolute atomic E-state index is 0.0515. The molecule has 3 aromatic rings. The smallest absolute Gasteiger partial charge is 0.417 e. The Labute approximate surface area is 196 Å². The van der Waals surface area contributed by atoms with Crippen LogP contribution in [0, 0.1) is 0 Å². The van der Waals surface area contributed by atoms with E-state index in [0.29, 0.717) is 41.4 Å². The lowest BCUT2D eigenvalue weighted by molar-refractivity contribution is -0.137. The SMILES string of the molecule is CC(C)c1ccc(-c2ccc(CC(=O)C3(c4ccc5c(c4)OCO5)CC3)cc2C(F)(F)F)cc1. The van der Waals surface area contributed by atoms with Crippen molar-refractivity contribution in [2.45, 2.75) is 50.6 Å². The number of ether oxygens (including phenoxy) is 2. The monoisotopic (exact) mass is 466 g/mol. The van der Waals surface area contributed by atoms with Crippen LogP contribution in [0.2, 0.25) is 0 Å². The minimum atomic E-state index is -4.53. The zero-order chi connectivity index (χ0) is 24.1. The first-order valence-corrected chi connectivity index (χ1v) is 11.4. The molecular formula is C28H25F3O3. The van der Waals surface area contributed by atoms with Crippen molar-refractivity contribution in [3.63, 3.8) is 0 Å². The van der Waals surface area contributed by atoms with Gasteiger partial charge >= 0.3 is 6.18 Å². The Morgan fingerprint density at radius 2 is 1.65 bits per heavy atom. The number of fused-ring (bicyclic) bond motifs is 1. The van der Waals surface area contributed by atoms with Crippen molar-refractivity contribution in [1.82, 2.24) is 0 Å². The molecule has 176 valence electrons. The average molecular weight is 466 g/mol. The van der Waals surface area contributed by atoms with E-state index in [1.54, 1.807) is 24.3 Å². The Hall–Kier alpha value is -3.28. The molecule has 1 aliphatic carbocycles. The number of carbonyl (C=O) groups excluding carboxylic acids is 1. The van der Waals surface area contributed by atoms with Gasteiger partial charge in [-0.1, -0.05) is 56.3 Å². The highest BCUT2D eigenvalue weighted by atomic mass is 19.4. The molecule has 1 saturated carbocycles. The number of hydrogen-bond acceptors (Lipinski definition) is 3. The molecule has 6 heteroatoms. The number of ketones is 1. The van der Waals surface area contributed by atoms with Crippen molar-refractivity contribution < 1.29 is 27.4 Å². The highest BCUT2D eigenvalue weighted by Crippen LogP contribution is 2.51. The summed E-state index contributed by atoms with van der Waals surface area (Å²) in [6.45, 7) is 4.23. The third-order valence-corrected chi connectivity index (χ3v) is 6.85. The van der Waals surface area contributed by atoms with Gasteiger partial charge in [0.15, 0.2) is 11.5 Å². The molecule has 2 aliphatic rings. The quantitative estimate of drug-likeness (QED) is 0.390. The topological polar surface area (TPSA) is 35.5 Å². The molecule has 3 nitrogen and oxygen atoms in total. The fourth-order valence-corrected chi connectivity index (χ4v) is 4.64. The summed E-state index contributed by atoms with van der Waals surface area (Å²) in [6, 6.07) is 16.9. The maximum atomic E-state index is 14.0. The van der Waals surface area contributed by atoms with E-state index in [0.717, 1.165) is 17.2 Å². The maximum Gasteiger partial charge on any atom is 0.417 e. The lowest BCUT2D eigenvalue weighted by Crippen LogP contribution is -2.22. The van der Waals surface area contributed by atoms with Gasteiger partial charge in [0, 0.05) is 6.42 Å². The minimum Gasteiger partial charge on any atom is -0.454 e. The molecule has 0 radical (unpaired) electrons. The molecule has 0 unspecified atom stereocenters. The molecule has 0 aromatic heterocycles. The van der Waals surface area contributed by atoms with Gasteiger partial charge in [0.2, 0.25) is 6.79 Å². The van der Waals surface area contributed by atoms with E-state index < -0.39 is 17.2 Å². The fraction of sp³-hybridized carbons (Fsp3) is 0.321. The van der Waals surface area contributed by atoms with Crippen LogP contribution in [0.25, 0.3) is 11.1 Å². The van der Waals surface area contributed by atoms with Crippen LogP contribution >= 0.6 is 0 Å². The fourth-order valence-electron chi connectivity index (χ4n) is 4.64. The van der Waals surface area contributed by atoms with Crippen LogP contribution in [0.15, 0.2) is 60.7 Å². The zero-order valence-electron chi connectivity index (χ0n) is 19.0. The molecule has 34 heavy (non-hydrogen) atoms. The van der Waals surface area contributed by atoms with E-state index >= 15 is 0 Å². The van der Waals surface area contributed by atoms with Crippen LogP contribution < -0.4 is 9.47 Å². The summed E-state index contributed by atoms with van der Waals surface area (Å²) in [5.74, 6) is 1.46. The molecule has 1 heterocycles. The highest BCUT2D eigenvalue weighted by Gasteiger charge is 2.51. The summed E-state index contributed by atoms with van der Waals surface area (Å²) in [6.07, 6.45) is -3.22. The van der Waals surface area contributed by atoms with E-state index in [2.05, 4.69) is 0 Å². The van der Waals surface area contributed by atoms with E-state index in [1.165, 1.54) is 6.07 Å². The predicted octanol–water partition coefficient (Wildman–Crippen LogP) is 7.07. The van der Waals surface area contributed by atoms with Gasteiger partial charge in [0.05, 0.1) is 11.0 Å². The molecule has 0 N–H and O–H groups in total. The number of Topliss-reactive ketones (excluding diaryl/α,β-unsaturated/α-hetero) is 1. The van der Waals surface area contributed by atoms with Crippen molar-refractivity contribution in [3.05, 3.63) is 82.9 Å². The third-order valence-electron chi connectivity index (χ3n) is 6.85. The Morgan fingerprint density at radius 1 is 0.941 bits per heavy atom. The summed E-state index contributed by atoms with van der Waals surface area (Å²) in [7, 11) is 0. The van der Waals surface area contributed by atoms with E-state index in [-0.39, 0.29) is 24.6 Å². The molecule has 5 rings (SSSR count). The molecule has 0 saturated heterocycles. The Bertz CT molecular complexity index is 1240. The van der Waals surface area contributed by atoms with Gasteiger partial charge in [-0.2, -0.15) is 13.2 Å². The number of carbonyl (C=O) groups is 1. The molecule has 1 fully saturated rings. The van der Waals surface area contributed by atoms with Crippen LogP contribution in [0.3, 0.4) is 0 Å². The van der Waals surface area contributed by atoms with Crippen molar-refractivity contribution >= 4 is 5.78 Å². The summed E-state index contributed by atoms with van der Waals surface area (Å²) in [5, 5.41) is 0. The van der Waals surface area contributed by atoms with Crippen molar-refractivity contribution in [2.24, 2.45) is 0 Å². The van der Waals surface area contributed by atoms with Gasteiger partial charge in [0.1, 0.15) is 5.78 Å². The number of rotatable bonds is 6. The summed E-state index contributed by atoms with van der Waals surface area (Å²) in [5.41, 5.74) is 1.52. The Kier molecular flexibility index (Phi) is 5.42. The van der Waals surface area contributed by atoms with E-state index in [9.17, 15) is 18.0 Å². The van der Waals surface area contributed by atoms with Crippen LogP contribution in [-0.2, 0) is 22.8 Å². The molecule has 0 spiro atoms. The normalized spacial score (nSPS) is 16.1. The van der Waals surface area contributed by atoms with E-state index in [4.69, 9.17) is 9.47 Å². The number of benzene rings is 3. The van der Waals surface area contributed by atoms with Crippen LogP contribution in [0.4, 0.5) is 13.2 Å². The van der Waals surface area contributed by atoms with Gasteiger partial charge in [-0.3, -0.25) is 4.79 Å². The average Bonchev–Trinajstić information content (AvgIpc) is 3.49. The Morgan fingerprint density at radius 3 is 2.29 bits per heavy atom. The number of alkyl halides is 3. The Balaban J connectivity index is 1.43. The zero-order valence-corrected chi connectivity index (χ0v) is 19.0. The summed E-state index contributed by atoms with van der Waals surface area (Å²) >= 11 is 0. The maximum absolute atomic E-state index is 14.0.